The van der Waals surface area contributed by atoms with E-state index in [1.165, 1.54) is 0 Å². The van der Waals surface area contributed by atoms with Gasteiger partial charge in [-0.3, -0.25) is 9.97 Å². The van der Waals surface area contributed by atoms with E-state index in [9.17, 15) is 0 Å². The number of aryl methyl sites for hydroxylation is 1. The summed E-state index contributed by atoms with van der Waals surface area (Å²) < 4.78 is 0. The fraction of sp³-hybridized carbons (Fsp3) is 0.200. The molecule has 1 aromatic carbocycles. The topological polar surface area (TPSA) is 25.8 Å². The third kappa shape index (κ3) is 2.05. The Morgan fingerprint density at radius 2 is 1.95 bits per heavy atom. The summed E-state index contributed by atoms with van der Waals surface area (Å²) in [6.07, 6.45) is 2.51. The van der Waals surface area contributed by atoms with Gasteiger partial charge in [0.05, 0.1) is 16.1 Å². The van der Waals surface area contributed by atoms with Gasteiger partial charge >= 0.3 is 0 Å². The van der Waals surface area contributed by atoms with Crippen LogP contribution in [-0.2, 0) is 6.42 Å². The normalized spacial score (nSPS) is 11.3. The molecule has 0 aliphatic heterocycles. The minimum absolute atomic E-state index is 0.538. The molecule has 96 valence electrons. The highest BCUT2D eigenvalue weighted by molar-refractivity contribution is 6.38. The van der Waals surface area contributed by atoms with E-state index in [4.69, 9.17) is 23.2 Å². The minimum Gasteiger partial charge on any atom is -0.256 e. The second kappa shape index (κ2) is 4.95. The molecule has 0 atom stereocenters. The van der Waals surface area contributed by atoms with E-state index in [0.717, 1.165) is 44.5 Å². The number of alkyl halides is 1. The van der Waals surface area contributed by atoms with E-state index < -0.39 is 0 Å². The molecule has 0 aliphatic carbocycles. The van der Waals surface area contributed by atoms with Crippen LogP contribution in [0, 0.1) is 6.92 Å². The van der Waals surface area contributed by atoms with Crippen LogP contribution in [0.2, 0.25) is 5.02 Å². The summed E-state index contributed by atoms with van der Waals surface area (Å²) >= 11 is 12.4. The van der Waals surface area contributed by atoms with Gasteiger partial charge < -0.3 is 0 Å². The van der Waals surface area contributed by atoms with E-state index in [0.29, 0.717) is 5.88 Å². The molecule has 0 saturated carbocycles. The Bertz CT molecular complexity index is 769. The maximum absolute atomic E-state index is 6.58. The molecule has 19 heavy (non-hydrogen) atoms. The predicted molar refractivity (Wildman–Crippen MR) is 81.2 cm³/mol. The Morgan fingerprint density at radius 1 is 1.16 bits per heavy atom. The van der Waals surface area contributed by atoms with Crippen molar-refractivity contribution in [3.05, 3.63) is 46.7 Å². The van der Waals surface area contributed by atoms with Crippen molar-refractivity contribution in [3.63, 3.8) is 0 Å². The summed E-state index contributed by atoms with van der Waals surface area (Å²) in [6.45, 7) is 1.97. The van der Waals surface area contributed by atoms with E-state index in [1.807, 2.05) is 31.2 Å². The molecule has 0 bridgehead atoms. The number of hydrogen-bond acceptors (Lipinski definition) is 2. The zero-order valence-electron chi connectivity index (χ0n) is 10.5. The van der Waals surface area contributed by atoms with Gasteiger partial charge in [-0.25, -0.2) is 0 Å². The Morgan fingerprint density at radius 3 is 2.74 bits per heavy atom. The predicted octanol–water partition coefficient (Wildman–Crippen LogP) is 4.53. The first-order chi connectivity index (χ1) is 9.22. The summed E-state index contributed by atoms with van der Waals surface area (Å²) in [7, 11) is 0. The summed E-state index contributed by atoms with van der Waals surface area (Å²) in [6, 6.07) is 7.88. The third-order valence-electron chi connectivity index (χ3n) is 3.32. The van der Waals surface area contributed by atoms with Gasteiger partial charge in [0.2, 0.25) is 0 Å². The molecular formula is C15H12Cl2N2. The molecule has 0 N–H and O–H groups in total. The molecule has 0 saturated heterocycles. The van der Waals surface area contributed by atoms with Crippen molar-refractivity contribution in [2.24, 2.45) is 0 Å². The van der Waals surface area contributed by atoms with Crippen molar-refractivity contribution < 1.29 is 0 Å². The first kappa shape index (κ1) is 12.6. The highest BCUT2D eigenvalue weighted by Gasteiger charge is 2.13. The molecule has 0 unspecified atom stereocenters. The molecule has 0 spiro atoms. The quantitative estimate of drug-likeness (QED) is 0.512. The molecule has 3 aromatic rings. The van der Waals surface area contributed by atoms with Gasteiger partial charge in [0.15, 0.2) is 0 Å². The van der Waals surface area contributed by atoms with Gasteiger partial charge in [-0.2, -0.15) is 0 Å². The number of hydrogen-bond donors (Lipinski definition) is 0. The average molecular weight is 291 g/mol. The standard InChI is InChI=1S/C15H12Cl2N2/c1-9-10(6-7-16)15(17)14-11-3-2-8-18-12(11)4-5-13(14)19-9/h2-5,8H,6-7H2,1H3. The fourth-order valence-electron chi connectivity index (χ4n) is 2.41. The second-order valence-electron chi connectivity index (χ2n) is 4.46. The molecular weight excluding hydrogens is 279 g/mol. The lowest BCUT2D eigenvalue weighted by Gasteiger charge is -2.11. The highest BCUT2D eigenvalue weighted by Crippen LogP contribution is 2.33. The van der Waals surface area contributed by atoms with Crippen molar-refractivity contribution in [1.82, 2.24) is 9.97 Å². The van der Waals surface area contributed by atoms with E-state index in [2.05, 4.69) is 9.97 Å². The highest BCUT2D eigenvalue weighted by atomic mass is 35.5. The van der Waals surface area contributed by atoms with Crippen LogP contribution in [0.5, 0.6) is 0 Å². The monoisotopic (exact) mass is 290 g/mol. The molecule has 3 rings (SSSR count). The Labute approximate surface area is 121 Å². The van der Waals surface area contributed by atoms with Crippen LogP contribution in [0.1, 0.15) is 11.3 Å². The first-order valence-corrected chi connectivity index (χ1v) is 7.02. The molecule has 0 radical (unpaired) electrons. The van der Waals surface area contributed by atoms with Crippen LogP contribution in [0.4, 0.5) is 0 Å². The van der Waals surface area contributed by atoms with Gasteiger partial charge in [-0.15, -0.1) is 11.6 Å². The van der Waals surface area contributed by atoms with Crippen LogP contribution in [-0.4, -0.2) is 15.8 Å². The molecule has 0 amide bonds. The third-order valence-corrected chi connectivity index (χ3v) is 3.92. The van der Waals surface area contributed by atoms with Gasteiger partial charge in [-0.05, 0) is 37.1 Å². The lowest BCUT2D eigenvalue weighted by molar-refractivity contribution is 1.08. The second-order valence-corrected chi connectivity index (χ2v) is 5.21. The first-order valence-electron chi connectivity index (χ1n) is 6.10. The molecule has 2 aromatic heterocycles. The van der Waals surface area contributed by atoms with Gasteiger partial charge in [0.1, 0.15) is 0 Å². The van der Waals surface area contributed by atoms with Crippen molar-refractivity contribution >= 4 is 45.0 Å². The molecule has 2 heterocycles. The summed E-state index contributed by atoms with van der Waals surface area (Å²) in [5.74, 6) is 0.538. The van der Waals surface area contributed by atoms with Crippen LogP contribution >= 0.6 is 23.2 Å². The van der Waals surface area contributed by atoms with Crippen molar-refractivity contribution in [3.8, 4) is 0 Å². The summed E-state index contributed by atoms with van der Waals surface area (Å²) in [4.78, 5) is 8.99. The van der Waals surface area contributed by atoms with Crippen LogP contribution in [0.15, 0.2) is 30.5 Å². The lowest BCUT2D eigenvalue weighted by atomic mass is 10.0. The number of halogens is 2. The van der Waals surface area contributed by atoms with Gasteiger partial charge in [-0.1, -0.05) is 17.7 Å². The Balaban J connectivity index is 2.47. The van der Waals surface area contributed by atoms with Crippen LogP contribution < -0.4 is 0 Å². The maximum atomic E-state index is 6.58. The lowest BCUT2D eigenvalue weighted by Crippen LogP contribution is -1.98. The number of benzene rings is 1. The molecule has 0 aliphatic rings. The smallest absolute Gasteiger partial charge is 0.0727 e. The molecule has 2 nitrogen and oxygen atoms in total. The number of rotatable bonds is 2. The average Bonchev–Trinajstić information content (AvgIpc) is 2.42. The number of nitrogens with zero attached hydrogens (tertiary/aromatic N) is 2. The number of aromatic nitrogens is 2. The van der Waals surface area contributed by atoms with Crippen molar-refractivity contribution in [2.75, 3.05) is 5.88 Å². The van der Waals surface area contributed by atoms with E-state index >= 15 is 0 Å². The minimum atomic E-state index is 0.538. The molecule has 0 fully saturated rings. The zero-order chi connectivity index (χ0) is 13.4. The maximum Gasteiger partial charge on any atom is 0.0727 e. The van der Waals surface area contributed by atoms with Crippen LogP contribution in [0.25, 0.3) is 21.8 Å². The largest absolute Gasteiger partial charge is 0.256 e. The van der Waals surface area contributed by atoms with Crippen LogP contribution in [0.3, 0.4) is 0 Å². The number of fused-ring (bicyclic) bond motifs is 3. The van der Waals surface area contributed by atoms with Gasteiger partial charge in [0, 0.05) is 28.5 Å². The zero-order valence-corrected chi connectivity index (χ0v) is 12.0. The van der Waals surface area contributed by atoms with E-state index in [-0.39, 0.29) is 0 Å². The Kier molecular flexibility index (Phi) is 3.29. The SMILES string of the molecule is Cc1nc2ccc3ncccc3c2c(Cl)c1CCCl. The Hall–Kier alpha value is -1.38. The van der Waals surface area contributed by atoms with Crippen molar-refractivity contribution in [1.29, 1.82) is 0 Å². The molecule has 4 heteroatoms. The van der Waals surface area contributed by atoms with Crippen molar-refractivity contribution in [2.45, 2.75) is 13.3 Å². The van der Waals surface area contributed by atoms with E-state index in [1.54, 1.807) is 6.20 Å². The fourth-order valence-corrected chi connectivity index (χ4v) is 3.03. The van der Waals surface area contributed by atoms with Gasteiger partial charge in [0.25, 0.3) is 0 Å². The summed E-state index contributed by atoms with van der Waals surface area (Å²) in [5, 5.41) is 2.76. The number of pyridine rings is 2. The summed E-state index contributed by atoms with van der Waals surface area (Å²) in [5.41, 5.74) is 3.81.